The molecule has 0 aliphatic carbocycles. The molecule has 0 radical (unpaired) electrons. The third-order valence-corrected chi connectivity index (χ3v) is 5.50. The molecule has 0 bridgehead atoms. The van der Waals surface area contributed by atoms with E-state index in [1.54, 1.807) is 49.9 Å². The van der Waals surface area contributed by atoms with Gasteiger partial charge in [0.25, 0.3) is 10.0 Å². The second-order valence-electron chi connectivity index (χ2n) is 7.60. The third-order valence-electron chi connectivity index (χ3n) is 4.15. The first-order valence-corrected chi connectivity index (χ1v) is 10.2. The first-order chi connectivity index (χ1) is 12.5. The van der Waals surface area contributed by atoms with E-state index in [2.05, 4.69) is 14.9 Å². The van der Waals surface area contributed by atoms with E-state index < -0.39 is 21.7 Å². The van der Waals surface area contributed by atoms with Crippen LogP contribution in [0.5, 0.6) is 0 Å². The minimum Gasteiger partial charge on any atom is -0.444 e. The fourth-order valence-corrected chi connectivity index (χ4v) is 3.80. The van der Waals surface area contributed by atoms with Crippen LogP contribution in [0.25, 0.3) is 0 Å². The van der Waals surface area contributed by atoms with Crippen LogP contribution in [-0.2, 0) is 27.7 Å². The van der Waals surface area contributed by atoms with Crippen molar-refractivity contribution in [2.45, 2.75) is 51.2 Å². The number of benzene rings is 1. The largest absolute Gasteiger partial charge is 0.444 e. The SMILES string of the molecule is Cc1ccc(S(=O)(=O)Nc2n[nH]c3c2CN(C(=O)OC(C)(C)C)CC3)cc1. The van der Waals surface area contributed by atoms with Crippen LogP contribution in [0, 0.1) is 6.92 Å². The fraction of sp³-hybridized carbons (Fsp3) is 0.444. The van der Waals surface area contributed by atoms with Gasteiger partial charge in [0.1, 0.15) is 5.60 Å². The Kier molecular flexibility index (Phi) is 4.90. The van der Waals surface area contributed by atoms with E-state index in [1.165, 1.54) is 0 Å². The Morgan fingerprint density at radius 3 is 2.56 bits per heavy atom. The molecule has 9 heteroatoms. The van der Waals surface area contributed by atoms with Crippen molar-refractivity contribution in [1.82, 2.24) is 15.1 Å². The maximum Gasteiger partial charge on any atom is 0.410 e. The van der Waals surface area contributed by atoms with E-state index in [0.717, 1.165) is 11.3 Å². The van der Waals surface area contributed by atoms with E-state index >= 15 is 0 Å². The predicted octanol–water partition coefficient (Wildman–Crippen LogP) is 2.81. The normalized spacial score (nSPS) is 14.6. The van der Waals surface area contributed by atoms with Gasteiger partial charge in [-0.3, -0.25) is 9.82 Å². The molecule has 1 aromatic carbocycles. The van der Waals surface area contributed by atoms with Gasteiger partial charge in [0, 0.05) is 24.2 Å². The molecule has 1 aromatic heterocycles. The van der Waals surface area contributed by atoms with Gasteiger partial charge in [-0.15, -0.1) is 0 Å². The Bertz CT molecular complexity index is 943. The first-order valence-electron chi connectivity index (χ1n) is 8.69. The molecule has 1 aliphatic rings. The van der Waals surface area contributed by atoms with Gasteiger partial charge in [-0.25, -0.2) is 13.2 Å². The summed E-state index contributed by atoms with van der Waals surface area (Å²) in [6.45, 7) is 8.01. The Morgan fingerprint density at radius 2 is 1.93 bits per heavy atom. The van der Waals surface area contributed by atoms with Crippen LogP contribution in [0.2, 0.25) is 0 Å². The fourth-order valence-electron chi connectivity index (χ4n) is 2.77. The van der Waals surface area contributed by atoms with E-state index in [-0.39, 0.29) is 17.3 Å². The van der Waals surface area contributed by atoms with Gasteiger partial charge in [0.2, 0.25) is 0 Å². The number of aromatic amines is 1. The van der Waals surface area contributed by atoms with Crippen molar-refractivity contribution in [3.63, 3.8) is 0 Å². The van der Waals surface area contributed by atoms with Crippen LogP contribution in [-0.4, -0.2) is 41.8 Å². The topological polar surface area (TPSA) is 104 Å². The summed E-state index contributed by atoms with van der Waals surface area (Å²) in [5.74, 6) is 0.207. The lowest BCUT2D eigenvalue weighted by molar-refractivity contribution is 0.0224. The van der Waals surface area contributed by atoms with Crippen molar-refractivity contribution in [2.75, 3.05) is 11.3 Å². The highest BCUT2D eigenvalue weighted by Gasteiger charge is 2.30. The molecule has 3 rings (SSSR count). The van der Waals surface area contributed by atoms with Crippen LogP contribution >= 0.6 is 0 Å². The molecule has 27 heavy (non-hydrogen) atoms. The van der Waals surface area contributed by atoms with Crippen LogP contribution in [0.1, 0.15) is 37.6 Å². The molecular weight excluding hydrogens is 368 g/mol. The number of carbonyl (C=O) groups excluding carboxylic acids is 1. The molecule has 2 heterocycles. The number of nitrogens with one attached hydrogen (secondary N) is 2. The van der Waals surface area contributed by atoms with Gasteiger partial charge in [-0.05, 0) is 39.8 Å². The Morgan fingerprint density at radius 1 is 1.26 bits per heavy atom. The van der Waals surface area contributed by atoms with Gasteiger partial charge >= 0.3 is 6.09 Å². The predicted molar refractivity (Wildman–Crippen MR) is 101 cm³/mol. The number of carbonyl (C=O) groups is 1. The number of sulfonamides is 1. The van der Waals surface area contributed by atoms with E-state index in [1.807, 2.05) is 6.92 Å². The number of ether oxygens (including phenoxy) is 1. The van der Waals surface area contributed by atoms with Crippen LogP contribution < -0.4 is 4.72 Å². The summed E-state index contributed by atoms with van der Waals surface area (Å²) >= 11 is 0. The van der Waals surface area contributed by atoms with E-state index in [4.69, 9.17) is 4.74 Å². The molecule has 1 amide bonds. The second kappa shape index (κ2) is 6.88. The molecule has 1 aliphatic heterocycles. The Hall–Kier alpha value is -2.55. The number of aryl methyl sites for hydroxylation is 1. The van der Waals surface area contributed by atoms with Crippen molar-refractivity contribution in [3.8, 4) is 0 Å². The first kappa shape index (κ1) is 19.2. The molecule has 8 nitrogen and oxygen atoms in total. The zero-order valence-corrected chi connectivity index (χ0v) is 16.7. The van der Waals surface area contributed by atoms with Crippen molar-refractivity contribution >= 4 is 21.9 Å². The summed E-state index contributed by atoms with van der Waals surface area (Å²) in [7, 11) is -3.77. The second-order valence-corrected chi connectivity index (χ2v) is 9.28. The van der Waals surface area contributed by atoms with Crippen LogP contribution in [0.3, 0.4) is 0 Å². The minimum atomic E-state index is -3.77. The molecule has 0 saturated heterocycles. The number of anilines is 1. The number of aromatic nitrogens is 2. The number of hydrogen-bond donors (Lipinski definition) is 2. The Labute approximate surface area is 159 Å². The summed E-state index contributed by atoms with van der Waals surface area (Å²) in [6, 6.07) is 6.56. The molecule has 0 atom stereocenters. The Balaban J connectivity index is 1.80. The number of nitrogens with zero attached hydrogens (tertiary/aromatic N) is 2. The lowest BCUT2D eigenvalue weighted by atomic mass is 10.1. The summed E-state index contributed by atoms with van der Waals surface area (Å²) in [6.07, 6.45) is 0.120. The number of H-pyrrole nitrogens is 1. The monoisotopic (exact) mass is 392 g/mol. The maximum absolute atomic E-state index is 12.6. The van der Waals surface area contributed by atoms with Gasteiger partial charge in [0.15, 0.2) is 5.82 Å². The van der Waals surface area contributed by atoms with Gasteiger partial charge in [-0.1, -0.05) is 17.7 Å². The molecular formula is C18H24N4O4S. The summed E-state index contributed by atoms with van der Waals surface area (Å²) < 4.78 is 33.2. The van der Waals surface area contributed by atoms with E-state index in [0.29, 0.717) is 18.5 Å². The molecule has 0 fully saturated rings. The zero-order chi connectivity index (χ0) is 19.8. The average Bonchev–Trinajstić information content (AvgIpc) is 2.95. The van der Waals surface area contributed by atoms with Crippen molar-refractivity contribution in [3.05, 3.63) is 41.1 Å². The molecule has 0 unspecified atom stereocenters. The average molecular weight is 392 g/mol. The quantitative estimate of drug-likeness (QED) is 0.836. The van der Waals surface area contributed by atoms with Crippen molar-refractivity contribution in [1.29, 1.82) is 0 Å². The number of rotatable bonds is 3. The molecule has 146 valence electrons. The molecule has 2 N–H and O–H groups in total. The van der Waals surface area contributed by atoms with E-state index in [9.17, 15) is 13.2 Å². The molecule has 0 spiro atoms. The number of amides is 1. The smallest absolute Gasteiger partial charge is 0.410 e. The third kappa shape index (κ3) is 4.41. The van der Waals surface area contributed by atoms with Crippen molar-refractivity contribution < 1.29 is 17.9 Å². The lowest BCUT2D eigenvalue weighted by Gasteiger charge is -2.30. The number of hydrogen-bond acceptors (Lipinski definition) is 5. The van der Waals surface area contributed by atoms with Gasteiger partial charge in [-0.2, -0.15) is 5.10 Å². The van der Waals surface area contributed by atoms with Crippen molar-refractivity contribution in [2.24, 2.45) is 0 Å². The zero-order valence-electron chi connectivity index (χ0n) is 15.9. The van der Waals surface area contributed by atoms with Crippen LogP contribution in [0.15, 0.2) is 29.2 Å². The standard InChI is InChI=1S/C18H24N4O4S/c1-12-5-7-13(8-6-12)27(24,25)21-16-14-11-22(10-9-15(14)19-20-16)17(23)26-18(2,3)4/h5-8H,9-11H2,1-4H3,(H2,19,20,21). The van der Waals surface area contributed by atoms with Crippen LogP contribution in [0.4, 0.5) is 10.6 Å². The van der Waals surface area contributed by atoms with Gasteiger partial charge < -0.3 is 9.64 Å². The number of fused-ring (bicyclic) bond motifs is 1. The summed E-state index contributed by atoms with van der Waals surface area (Å²) in [5.41, 5.74) is 1.85. The lowest BCUT2D eigenvalue weighted by Crippen LogP contribution is -2.40. The highest BCUT2D eigenvalue weighted by atomic mass is 32.2. The highest BCUT2D eigenvalue weighted by molar-refractivity contribution is 7.92. The summed E-state index contributed by atoms with van der Waals surface area (Å²) in [5, 5.41) is 6.96. The maximum atomic E-state index is 12.6. The molecule has 0 saturated carbocycles. The van der Waals surface area contributed by atoms with Gasteiger partial charge in [0.05, 0.1) is 11.4 Å². The minimum absolute atomic E-state index is 0.157. The highest BCUT2D eigenvalue weighted by Crippen LogP contribution is 2.27. The molecule has 2 aromatic rings. The summed E-state index contributed by atoms with van der Waals surface area (Å²) in [4.78, 5) is 14.0.